The summed E-state index contributed by atoms with van der Waals surface area (Å²) in [6, 6.07) is 11.3. The smallest absolute Gasteiger partial charge is 0.0158 e. The number of hydrogen-bond acceptors (Lipinski definition) is 1. The maximum Gasteiger partial charge on any atom is 0.0158 e. The summed E-state index contributed by atoms with van der Waals surface area (Å²) in [5, 5.41) is 3.47. The molecule has 1 aromatic rings. The van der Waals surface area contributed by atoms with Gasteiger partial charge in [-0.25, -0.2) is 0 Å². The van der Waals surface area contributed by atoms with Crippen LogP contribution in [0.15, 0.2) is 30.3 Å². The molecule has 0 spiro atoms. The summed E-state index contributed by atoms with van der Waals surface area (Å²) >= 11 is 0. The molecule has 1 N–H and O–H groups in total. The van der Waals surface area contributed by atoms with Crippen molar-refractivity contribution in [3.05, 3.63) is 35.9 Å². The zero-order chi connectivity index (χ0) is 12.2. The van der Waals surface area contributed by atoms with Gasteiger partial charge in [0.1, 0.15) is 0 Å². The van der Waals surface area contributed by atoms with Crippen LogP contribution in [-0.4, -0.2) is 13.1 Å². The summed E-state index contributed by atoms with van der Waals surface area (Å²) in [4.78, 5) is 0. The molecule has 1 unspecified atom stereocenters. The van der Waals surface area contributed by atoms with Crippen LogP contribution in [0, 0.1) is 5.92 Å². The Morgan fingerprint density at radius 3 is 2.12 bits per heavy atom. The molecule has 0 bridgehead atoms. The maximum atomic E-state index is 3.47. The van der Waals surface area contributed by atoms with Crippen molar-refractivity contribution in [2.24, 2.45) is 5.92 Å². The highest BCUT2D eigenvalue weighted by Crippen LogP contribution is 2.30. The highest BCUT2D eigenvalue weighted by atomic mass is 14.9. The van der Waals surface area contributed by atoms with Gasteiger partial charge in [-0.15, -0.1) is 0 Å². The summed E-state index contributed by atoms with van der Waals surface area (Å²) in [7, 11) is 2.07. The quantitative estimate of drug-likeness (QED) is 0.798. The van der Waals surface area contributed by atoms with E-state index in [1.807, 2.05) is 0 Å². The fourth-order valence-corrected chi connectivity index (χ4v) is 2.31. The molecule has 0 aliphatic heterocycles. The van der Waals surface area contributed by atoms with Gasteiger partial charge in [-0.05, 0) is 24.9 Å². The Morgan fingerprint density at radius 1 is 1.12 bits per heavy atom. The van der Waals surface area contributed by atoms with Crippen molar-refractivity contribution >= 4 is 0 Å². The van der Waals surface area contributed by atoms with E-state index < -0.39 is 0 Å². The Bertz CT molecular complexity index is 300. The Labute approximate surface area is 100 Å². The molecule has 0 saturated carbocycles. The molecule has 0 fully saturated rings. The Kier molecular flexibility index (Phi) is 4.55. The van der Waals surface area contributed by atoms with Crippen LogP contribution in [0.3, 0.4) is 0 Å². The molecule has 1 rings (SSSR count). The van der Waals surface area contributed by atoms with Crippen molar-refractivity contribution in [3.63, 3.8) is 0 Å². The zero-order valence-electron chi connectivity index (χ0n) is 11.2. The second kappa shape index (κ2) is 5.49. The van der Waals surface area contributed by atoms with E-state index in [-0.39, 0.29) is 5.41 Å². The number of benzene rings is 1. The van der Waals surface area contributed by atoms with Crippen molar-refractivity contribution in [2.45, 2.75) is 45.6 Å². The molecule has 0 aliphatic rings. The van der Waals surface area contributed by atoms with Gasteiger partial charge in [0.05, 0.1) is 0 Å². The van der Waals surface area contributed by atoms with Gasteiger partial charge in [-0.1, -0.05) is 58.0 Å². The summed E-state index contributed by atoms with van der Waals surface area (Å²) in [6.07, 6.45) is 1.21. The predicted molar refractivity (Wildman–Crippen MR) is 71.8 cm³/mol. The van der Waals surface area contributed by atoms with Crippen LogP contribution in [0.2, 0.25) is 0 Å². The molecule has 0 heterocycles. The molecular weight excluding hydrogens is 194 g/mol. The van der Waals surface area contributed by atoms with Gasteiger partial charge in [0, 0.05) is 11.5 Å². The summed E-state index contributed by atoms with van der Waals surface area (Å²) in [5.41, 5.74) is 1.59. The monoisotopic (exact) mass is 219 g/mol. The standard InChI is InChI=1S/C15H25N/c1-12(2)11-14(16-5)15(3,4)13-9-7-6-8-10-13/h6-10,12,14,16H,11H2,1-5H3. The van der Waals surface area contributed by atoms with Crippen molar-refractivity contribution in [1.29, 1.82) is 0 Å². The van der Waals surface area contributed by atoms with Gasteiger partial charge in [0.2, 0.25) is 0 Å². The molecule has 0 amide bonds. The molecule has 90 valence electrons. The van der Waals surface area contributed by atoms with Crippen LogP contribution in [0.4, 0.5) is 0 Å². The third-order valence-electron chi connectivity index (χ3n) is 3.44. The van der Waals surface area contributed by atoms with Crippen molar-refractivity contribution in [2.75, 3.05) is 7.05 Å². The van der Waals surface area contributed by atoms with Crippen LogP contribution < -0.4 is 5.32 Å². The molecule has 1 nitrogen and oxygen atoms in total. The minimum Gasteiger partial charge on any atom is -0.316 e. The van der Waals surface area contributed by atoms with Crippen LogP contribution >= 0.6 is 0 Å². The predicted octanol–water partition coefficient (Wildman–Crippen LogP) is 3.60. The van der Waals surface area contributed by atoms with Crippen LogP contribution in [0.1, 0.15) is 39.7 Å². The molecule has 1 heteroatoms. The Balaban J connectivity index is 2.90. The molecule has 16 heavy (non-hydrogen) atoms. The Hall–Kier alpha value is -0.820. The van der Waals surface area contributed by atoms with Gasteiger partial charge in [-0.2, -0.15) is 0 Å². The number of hydrogen-bond donors (Lipinski definition) is 1. The minimum absolute atomic E-state index is 0.181. The van der Waals surface area contributed by atoms with Gasteiger partial charge in [-0.3, -0.25) is 0 Å². The number of likely N-dealkylation sites (N-methyl/N-ethyl adjacent to an activating group) is 1. The van der Waals surface area contributed by atoms with Crippen LogP contribution in [0.25, 0.3) is 0 Å². The first-order chi connectivity index (χ1) is 7.48. The average molecular weight is 219 g/mol. The highest BCUT2D eigenvalue weighted by molar-refractivity contribution is 5.25. The lowest BCUT2D eigenvalue weighted by molar-refractivity contribution is 0.308. The van der Waals surface area contributed by atoms with Gasteiger partial charge in [0.25, 0.3) is 0 Å². The molecule has 0 radical (unpaired) electrons. The lowest BCUT2D eigenvalue weighted by Crippen LogP contribution is -2.43. The maximum absolute atomic E-state index is 3.47. The van der Waals surface area contributed by atoms with E-state index in [0.29, 0.717) is 6.04 Å². The summed E-state index contributed by atoms with van der Waals surface area (Å²) in [5.74, 6) is 0.723. The van der Waals surface area contributed by atoms with E-state index in [9.17, 15) is 0 Å². The molecule has 1 aromatic carbocycles. The molecular formula is C15H25N. The molecule has 1 atom stereocenters. The van der Waals surface area contributed by atoms with E-state index in [0.717, 1.165) is 5.92 Å². The van der Waals surface area contributed by atoms with Crippen LogP contribution in [0.5, 0.6) is 0 Å². The van der Waals surface area contributed by atoms with E-state index in [2.05, 4.69) is 70.4 Å². The summed E-state index contributed by atoms with van der Waals surface area (Å²) < 4.78 is 0. The van der Waals surface area contributed by atoms with Crippen molar-refractivity contribution in [3.8, 4) is 0 Å². The number of rotatable bonds is 5. The van der Waals surface area contributed by atoms with Gasteiger partial charge in [0.15, 0.2) is 0 Å². The van der Waals surface area contributed by atoms with Crippen molar-refractivity contribution < 1.29 is 0 Å². The largest absolute Gasteiger partial charge is 0.316 e. The lowest BCUT2D eigenvalue weighted by atomic mass is 9.75. The van der Waals surface area contributed by atoms with Crippen LogP contribution in [-0.2, 0) is 5.41 Å². The first kappa shape index (κ1) is 13.2. The van der Waals surface area contributed by atoms with E-state index in [1.165, 1.54) is 12.0 Å². The second-order valence-corrected chi connectivity index (χ2v) is 5.56. The minimum atomic E-state index is 0.181. The molecule has 0 saturated heterocycles. The SMILES string of the molecule is CNC(CC(C)C)C(C)(C)c1ccccc1. The Morgan fingerprint density at radius 2 is 1.69 bits per heavy atom. The first-order valence-corrected chi connectivity index (χ1v) is 6.21. The third kappa shape index (κ3) is 3.08. The normalized spacial score (nSPS) is 14.1. The van der Waals surface area contributed by atoms with E-state index >= 15 is 0 Å². The van der Waals surface area contributed by atoms with Crippen molar-refractivity contribution in [1.82, 2.24) is 5.32 Å². The topological polar surface area (TPSA) is 12.0 Å². The zero-order valence-corrected chi connectivity index (χ0v) is 11.2. The highest BCUT2D eigenvalue weighted by Gasteiger charge is 2.30. The third-order valence-corrected chi connectivity index (χ3v) is 3.44. The van der Waals surface area contributed by atoms with Gasteiger partial charge < -0.3 is 5.32 Å². The van der Waals surface area contributed by atoms with E-state index in [1.54, 1.807) is 0 Å². The van der Waals surface area contributed by atoms with E-state index in [4.69, 9.17) is 0 Å². The lowest BCUT2D eigenvalue weighted by Gasteiger charge is -2.36. The summed E-state index contributed by atoms with van der Waals surface area (Å²) in [6.45, 7) is 9.22. The molecule has 0 aliphatic carbocycles. The first-order valence-electron chi connectivity index (χ1n) is 6.21. The average Bonchev–Trinajstić information content (AvgIpc) is 2.26. The number of nitrogens with one attached hydrogen (secondary N) is 1. The second-order valence-electron chi connectivity index (χ2n) is 5.56. The van der Waals surface area contributed by atoms with Gasteiger partial charge >= 0.3 is 0 Å². The fourth-order valence-electron chi connectivity index (χ4n) is 2.31. The fraction of sp³-hybridized carbons (Fsp3) is 0.600. The molecule has 0 aromatic heterocycles.